The highest BCUT2D eigenvalue weighted by molar-refractivity contribution is 6.17. The van der Waals surface area contributed by atoms with Crippen LogP contribution >= 0.6 is 0 Å². The molecule has 9 aromatic carbocycles. The van der Waals surface area contributed by atoms with E-state index >= 15 is 0 Å². The van der Waals surface area contributed by atoms with Gasteiger partial charge in [0.25, 0.3) is 0 Å². The molecule has 58 heavy (non-hydrogen) atoms. The maximum absolute atomic E-state index is 2.50. The van der Waals surface area contributed by atoms with E-state index in [9.17, 15) is 0 Å². The number of hydrogen-bond donors (Lipinski definition) is 0. The average Bonchev–Trinajstić information content (AvgIpc) is 4.01. The van der Waals surface area contributed by atoms with E-state index in [4.69, 9.17) is 0 Å². The molecule has 270 valence electrons. The second-order valence-corrected chi connectivity index (χ2v) is 15.3. The zero-order valence-electron chi connectivity index (χ0n) is 31.4. The van der Waals surface area contributed by atoms with Crippen molar-refractivity contribution >= 4 is 87.2 Å². The van der Waals surface area contributed by atoms with Crippen molar-refractivity contribution < 1.29 is 0 Å². The van der Waals surface area contributed by atoms with Gasteiger partial charge in [-0.15, -0.1) is 0 Å². The van der Waals surface area contributed by atoms with Crippen molar-refractivity contribution in [2.24, 2.45) is 0 Å². The largest absolute Gasteiger partial charge is 0.309 e. The zero-order valence-corrected chi connectivity index (χ0v) is 31.4. The fourth-order valence-corrected chi connectivity index (χ4v) is 9.98. The molecule has 0 radical (unpaired) electrons. The zero-order chi connectivity index (χ0) is 37.9. The van der Waals surface area contributed by atoms with Crippen LogP contribution in [0.5, 0.6) is 0 Å². The monoisotopic (exact) mass is 738 g/mol. The first-order chi connectivity index (χ1) is 28.8. The summed E-state index contributed by atoms with van der Waals surface area (Å²) in [6.45, 7) is 0. The maximum atomic E-state index is 2.50. The second kappa shape index (κ2) is 11.8. The van der Waals surface area contributed by atoms with Crippen LogP contribution in [0.25, 0.3) is 110 Å². The molecule has 4 aromatic heterocycles. The number of hydrogen-bond acceptors (Lipinski definition) is 0. The van der Waals surface area contributed by atoms with Gasteiger partial charge in [-0.25, -0.2) is 0 Å². The van der Waals surface area contributed by atoms with Gasteiger partial charge in [-0.3, -0.25) is 0 Å². The van der Waals surface area contributed by atoms with Crippen molar-refractivity contribution in [1.29, 1.82) is 0 Å². The highest BCUT2D eigenvalue weighted by Crippen LogP contribution is 2.42. The molecular formula is C54H34N4. The van der Waals surface area contributed by atoms with Crippen LogP contribution in [0.4, 0.5) is 0 Å². The number of nitrogens with zero attached hydrogens (tertiary/aromatic N) is 4. The minimum Gasteiger partial charge on any atom is -0.309 e. The Morgan fingerprint density at radius 2 is 0.569 bits per heavy atom. The van der Waals surface area contributed by atoms with E-state index in [2.05, 4.69) is 225 Å². The van der Waals surface area contributed by atoms with Crippen LogP contribution in [0.3, 0.4) is 0 Å². The molecule has 0 saturated heterocycles. The Balaban J connectivity index is 1.11. The molecule has 13 rings (SSSR count). The molecule has 0 fully saturated rings. The SMILES string of the molecule is c1ccc(-n2c3ccccc3c3c(-n4c5ccccc5c5ccc(-n6c7ccccc7c7ccc(-n8c9ccccc9c9ccccc98)cc76)cc54)cccc32)cc1. The van der Waals surface area contributed by atoms with Crippen molar-refractivity contribution in [2.45, 2.75) is 0 Å². The summed E-state index contributed by atoms with van der Waals surface area (Å²) >= 11 is 0. The molecule has 4 heterocycles. The molecule has 4 nitrogen and oxygen atoms in total. The molecule has 0 spiro atoms. The minimum atomic E-state index is 1.13. The number of para-hydroxylation sites is 6. The van der Waals surface area contributed by atoms with E-state index in [1.807, 2.05) is 0 Å². The standard InChI is InChI=1S/C54H34N4/c1-2-15-35(16-3-1)55-49-26-13-8-21-44(49)54-50(55)27-14-28-51(54)58-48-25-12-7-20-41(48)43-32-30-37(34-53(43)58)57-47-24-11-6-19-40(47)42-31-29-36(33-52(42)57)56-45-22-9-4-17-38(45)39-18-5-10-23-46(39)56/h1-34H. The third kappa shape index (κ3) is 4.23. The molecule has 13 aromatic rings. The van der Waals surface area contributed by atoms with Gasteiger partial charge in [-0.2, -0.15) is 0 Å². The predicted molar refractivity (Wildman–Crippen MR) is 244 cm³/mol. The Kier molecular flexibility index (Phi) is 6.41. The topological polar surface area (TPSA) is 19.7 Å². The van der Waals surface area contributed by atoms with E-state index in [1.54, 1.807) is 0 Å². The Hall–Kier alpha value is -7.82. The summed E-state index contributed by atoms with van der Waals surface area (Å²) in [5.74, 6) is 0. The van der Waals surface area contributed by atoms with Gasteiger partial charge in [0, 0.05) is 60.2 Å². The van der Waals surface area contributed by atoms with Gasteiger partial charge in [0.2, 0.25) is 0 Å². The smallest absolute Gasteiger partial charge is 0.0562 e. The van der Waals surface area contributed by atoms with Gasteiger partial charge in [0.05, 0.1) is 49.8 Å². The Morgan fingerprint density at radius 1 is 0.207 bits per heavy atom. The minimum absolute atomic E-state index is 1.13. The first-order valence-electron chi connectivity index (χ1n) is 20.0. The highest BCUT2D eigenvalue weighted by Gasteiger charge is 2.21. The molecule has 0 saturated carbocycles. The van der Waals surface area contributed by atoms with Crippen LogP contribution < -0.4 is 0 Å². The fourth-order valence-electron chi connectivity index (χ4n) is 9.98. The molecule has 0 aliphatic heterocycles. The summed E-state index contributed by atoms with van der Waals surface area (Å²) in [5.41, 5.74) is 14.1. The molecule has 0 aliphatic rings. The summed E-state index contributed by atoms with van der Waals surface area (Å²) in [7, 11) is 0. The van der Waals surface area contributed by atoms with E-state index in [0.29, 0.717) is 0 Å². The predicted octanol–water partition coefficient (Wildman–Crippen LogP) is 14.1. The van der Waals surface area contributed by atoms with Gasteiger partial charge in [-0.05, 0) is 78.9 Å². The lowest BCUT2D eigenvalue weighted by Gasteiger charge is -2.14. The Labute approximate surface area is 333 Å². The molecular weight excluding hydrogens is 705 g/mol. The molecule has 0 aliphatic carbocycles. The lowest BCUT2D eigenvalue weighted by Crippen LogP contribution is -1.99. The van der Waals surface area contributed by atoms with Crippen LogP contribution in [0.2, 0.25) is 0 Å². The van der Waals surface area contributed by atoms with Crippen molar-refractivity contribution in [3.63, 3.8) is 0 Å². The Bertz CT molecular complexity index is 3740. The number of fused-ring (bicyclic) bond motifs is 12. The number of aromatic nitrogens is 4. The third-order valence-corrected chi connectivity index (χ3v) is 12.3. The lowest BCUT2D eigenvalue weighted by atomic mass is 10.1. The van der Waals surface area contributed by atoms with Crippen LogP contribution in [-0.2, 0) is 0 Å². The van der Waals surface area contributed by atoms with Gasteiger partial charge in [-0.1, -0.05) is 127 Å². The number of benzene rings is 9. The van der Waals surface area contributed by atoms with Gasteiger partial charge in [0.15, 0.2) is 0 Å². The molecule has 4 heteroatoms. The quantitative estimate of drug-likeness (QED) is 0.171. The Morgan fingerprint density at radius 3 is 1.10 bits per heavy atom. The summed E-state index contributed by atoms with van der Waals surface area (Å²) < 4.78 is 9.78. The molecule has 0 N–H and O–H groups in total. The molecule has 0 bridgehead atoms. The summed E-state index contributed by atoms with van der Waals surface area (Å²) in [4.78, 5) is 0. The third-order valence-electron chi connectivity index (χ3n) is 12.3. The van der Waals surface area contributed by atoms with Crippen LogP contribution in [0.15, 0.2) is 206 Å². The molecule has 0 atom stereocenters. The maximum Gasteiger partial charge on any atom is 0.0562 e. The second-order valence-electron chi connectivity index (χ2n) is 15.3. The van der Waals surface area contributed by atoms with E-state index in [1.165, 1.54) is 92.9 Å². The molecule has 0 unspecified atom stereocenters. The number of rotatable bonds is 4. The molecule has 0 amide bonds. The first-order valence-corrected chi connectivity index (χ1v) is 20.0. The van der Waals surface area contributed by atoms with E-state index in [-0.39, 0.29) is 0 Å². The van der Waals surface area contributed by atoms with Crippen LogP contribution in [0.1, 0.15) is 0 Å². The van der Waals surface area contributed by atoms with Crippen molar-refractivity contribution in [3.8, 4) is 22.7 Å². The first kappa shape index (κ1) is 31.4. The van der Waals surface area contributed by atoms with Crippen LogP contribution in [0, 0.1) is 0 Å². The lowest BCUT2D eigenvalue weighted by molar-refractivity contribution is 1.15. The van der Waals surface area contributed by atoms with E-state index in [0.717, 1.165) is 17.1 Å². The van der Waals surface area contributed by atoms with Gasteiger partial charge in [0.1, 0.15) is 0 Å². The van der Waals surface area contributed by atoms with Crippen molar-refractivity contribution in [1.82, 2.24) is 18.3 Å². The normalized spacial score (nSPS) is 12.1. The van der Waals surface area contributed by atoms with Gasteiger partial charge < -0.3 is 18.3 Å². The average molecular weight is 739 g/mol. The summed E-state index contributed by atoms with van der Waals surface area (Å²) in [6.07, 6.45) is 0. The summed E-state index contributed by atoms with van der Waals surface area (Å²) in [6, 6.07) is 75.5. The van der Waals surface area contributed by atoms with Crippen LogP contribution in [-0.4, -0.2) is 18.3 Å². The summed E-state index contributed by atoms with van der Waals surface area (Å²) in [5, 5.41) is 9.95. The van der Waals surface area contributed by atoms with E-state index < -0.39 is 0 Å². The van der Waals surface area contributed by atoms with Crippen molar-refractivity contribution in [2.75, 3.05) is 0 Å². The fraction of sp³-hybridized carbons (Fsp3) is 0. The van der Waals surface area contributed by atoms with Gasteiger partial charge >= 0.3 is 0 Å². The van der Waals surface area contributed by atoms with Crippen molar-refractivity contribution in [3.05, 3.63) is 206 Å². The highest BCUT2D eigenvalue weighted by atomic mass is 15.0.